The Morgan fingerprint density at radius 3 is 2.69 bits per heavy atom. The molecule has 0 amide bonds. The molecule has 5 nitrogen and oxygen atoms in total. The Morgan fingerprint density at radius 1 is 1.14 bits per heavy atom. The quantitative estimate of drug-likeness (QED) is 0.596. The minimum atomic E-state index is 0.706. The summed E-state index contributed by atoms with van der Waals surface area (Å²) in [5.74, 6) is 2.43. The first-order valence-corrected chi connectivity index (χ1v) is 10.8. The summed E-state index contributed by atoms with van der Waals surface area (Å²) < 4.78 is 5.93. The van der Waals surface area contributed by atoms with Gasteiger partial charge in [0, 0.05) is 17.8 Å². The van der Waals surface area contributed by atoms with Gasteiger partial charge in [0.1, 0.15) is 5.82 Å². The van der Waals surface area contributed by atoms with E-state index in [4.69, 9.17) is 9.72 Å². The molecule has 0 bridgehead atoms. The van der Waals surface area contributed by atoms with Gasteiger partial charge in [-0.1, -0.05) is 6.07 Å². The van der Waals surface area contributed by atoms with E-state index in [2.05, 4.69) is 54.8 Å². The predicted molar refractivity (Wildman–Crippen MR) is 118 cm³/mol. The fourth-order valence-electron chi connectivity index (χ4n) is 4.20. The predicted octanol–water partition coefficient (Wildman–Crippen LogP) is 5.05. The minimum absolute atomic E-state index is 0.706. The van der Waals surface area contributed by atoms with Crippen LogP contribution in [0.1, 0.15) is 42.4 Å². The van der Waals surface area contributed by atoms with Crippen molar-refractivity contribution >= 4 is 11.0 Å². The number of fused-ring (bicyclic) bond motifs is 1. The zero-order valence-electron chi connectivity index (χ0n) is 18.1. The number of likely N-dealkylation sites (tertiary alicyclic amines) is 1. The molecule has 3 heterocycles. The molecule has 0 aliphatic carbocycles. The number of imidazole rings is 1. The van der Waals surface area contributed by atoms with Crippen LogP contribution in [0.25, 0.3) is 22.4 Å². The van der Waals surface area contributed by atoms with Crippen molar-refractivity contribution in [3.8, 4) is 17.3 Å². The number of H-pyrrole nitrogens is 1. The van der Waals surface area contributed by atoms with Crippen LogP contribution in [-0.2, 0) is 0 Å². The highest BCUT2D eigenvalue weighted by Gasteiger charge is 2.16. The van der Waals surface area contributed by atoms with E-state index in [1.807, 2.05) is 12.3 Å². The average molecular weight is 393 g/mol. The molecule has 4 rings (SSSR count). The van der Waals surface area contributed by atoms with Crippen molar-refractivity contribution in [1.82, 2.24) is 19.9 Å². The third kappa shape index (κ3) is 4.45. The lowest BCUT2D eigenvalue weighted by Crippen LogP contribution is -2.30. The van der Waals surface area contributed by atoms with Crippen molar-refractivity contribution in [2.24, 2.45) is 5.92 Å². The number of benzene rings is 1. The Bertz CT molecular complexity index is 986. The summed E-state index contributed by atoms with van der Waals surface area (Å²) in [6, 6.07) is 6.25. The average Bonchev–Trinajstić information content (AvgIpc) is 3.14. The third-order valence-corrected chi connectivity index (χ3v) is 6.36. The Labute approximate surface area is 173 Å². The maximum atomic E-state index is 5.93. The Balaban J connectivity index is 1.37. The molecule has 0 spiro atoms. The number of piperidine rings is 1. The van der Waals surface area contributed by atoms with Crippen molar-refractivity contribution in [2.45, 2.75) is 46.5 Å². The van der Waals surface area contributed by atoms with Gasteiger partial charge >= 0.3 is 0 Å². The SMILES string of the molecule is Cc1cc(OCCCC2CCN(C)CC2)ncc1-c1nc2c(C)c(C)ccc2[nH]1. The number of aromatic nitrogens is 3. The Hall–Kier alpha value is -2.40. The van der Waals surface area contributed by atoms with Gasteiger partial charge in [-0.3, -0.25) is 0 Å². The summed E-state index contributed by atoms with van der Waals surface area (Å²) in [6.45, 7) is 9.53. The van der Waals surface area contributed by atoms with Crippen molar-refractivity contribution < 1.29 is 4.74 Å². The van der Waals surface area contributed by atoms with Crippen LogP contribution in [0.2, 0.25) is 0 Å². The van der Waals surface area contributed by atoms with Crippen LogP contribution in [0.3, 0.4) is 0 Å². The Kier molecular flexibility index (Phi) is 5.86. The maximum absolute atomic E-state index is 5.93. The van der Waals surface area contributed by atoms with Crippen LogP contribution in [0.15, 0.2) is 24.4 Å². The number of hydrogen-bond acceptors (Lipinski definition) is 4. The first-order valence-electron chi connectivity index (χ1n) is 10.8. The molecule has 1 aliphatic heterocycles. The molecule has 0 saturated carbocycles. The van der Waals surface area contributed by atoms with Gasteiger partial charge in [0.2, 0.25) is 5.88 Å². The molecule has 5 heteroatoms. The van der Waals surface area contributed by atoms with E-state index in [0.717, 1.165) is 46.9 Å². The van der Waals surface area contributed by atoms with Gasteiger partial charge in [0.05, 0.1) is 17.6 Å². The largest absolute Gasteiger partial charge is 0.478 e. The molecule has 1 aliphatic rings. The lowest BCUT2D eigenvalue weighted by molar-refractivity contribution is 0.199. The standard InChI is InChI=1S/C24H32N4O/c1-16-7-8-21-23(18(16)3)27-24(26-21)20-15-25-22(14-17(20)2)29-13-5-6-19-9-11-28(4)12-10-19/h7-8,14-15,19H,5-6,9-13H2,1-4H3,(H,26,27). The van der Waals surface area contributed by atoms with Gasteiger partial charge in [-0.2, -0.15) is 0 Å². The van der Waals surface area contributed by atoms with E-state index in [0.29, 0.717) is 5.88 Å². The van der Waals surface area contributed by atoms with E-state index in [9.17, 15) is 0 Å². The monoisotopic (exact) mass is 392 g/mol. The number of ether oxygens (including phenoxy) is 1. The number of nitrogens with zero attached hydrogens (tertiary/aromatic N) is 3. The maximum Gasteiger partial charge on any atom is 0.213 e. The highest BCUT2D eigenvalue weighted by atomic mass is 16.5. The smallest absolute Gasteiger partial charge is 0.213 e. The zero-order chi connectivity index (χ0) is 20.4. The Morgan fingerprint density at radius 2 is 1.93 bits per heavy atom. The summed E-state index contributed by atoms with van der Waals surface area (Å²) in [4.78, 5) is 15.2. The highest BCUT2D eigenvalue weighted by Crippen LogP contribution is 2.27. The number of nitrogens with one attached hydrogen (secondary N) is 1. The second kappa shape index (κ2) is 8.54. The molecule has 29 heavy (non-hydrogen) atoms. The van der Waals surface area contributed by atoms with E-state index < -0.39 is 0 Å². The van der Waals surface area contributed by atoms with Crippen LogP contribution < -0.4 is 4.74 Å². The van der Waals surface area contributed by atoms with E-state index in [-0.39, 0.29) is 0 Å². The molecule has 0 atom stereocenters. The zero-order valence-corrected chi connectivity index (χ0v) is 18.1. The van der Waals surface area contributed by atoms with Crippen LogP contribution in [0.4, 0.5) is 0 Å². The first kappa shape index (κ1) is 19.9. The van der Waals surface area contributed by atoms with Gasteiger partial charge in [0.25, 0.3) is 0 Å². The topological polar surface area (TPSA) is 54.0 Å². The molecular weight excluding hydrogens is 360 g/mol. The molecule has 154 valence electrons. The fourth-order valence-corrected chi connectivity index (χ4v) is 4.20. The molecule has 0 radical (unpaired) electrons. The minimum Gasteiger partial charge on any atom is -0.478 e. The van der Waals surface area contributed by atoms with Gasteiger partial charge in [0.15, 0.2) is 0 Å². The van der Waals surface area contributed by atoms with Crippen molar-refractivity contribution in [1.29, 1.82) is 0 Å². The summed E-state index contributed by atoms with van der Waals surface area (Å²) in [5, 5.41) is 0. The molecule has 1 N–H and O–H groups in total. The third-order valence-electron chi connectivity index (χ3n) is 6.36. The second-order valence-electron chi connectivity index (χ2n) is 8.56. The van der Waals surface area contributed by atoms with Crippen molar-refractivity contribution in [3.05, 3.63) is 41.1 Å². The summed E-state index contributed by atoms with van der Waals surface area (Å²) in [6.07, 6.45) is 6.86. The van der Waals surface area contributed by atoms with Crippen molar-refractivity contribution in [3.63, 3.8) is 0 Å². The normalized spacial score (nSPS) is 15.9. The van der Waals surface area contributed by atoms with Crippen LogP contribution >= 0.6 is 0 Å². The van der Waals surface area contributed by atoms with Crippen LogP contribution in [-0.4, -0.2) is 46.6 Å². The number of pyridine rings is 1. The lowest BCUT2D eigenvalue weighted by Gasteiger charge is -2.28. The molecule has 2 aromatic heterocycles. The molecule has 1 saturated heterocycles. The van der Waals surface area contributed by atoms with E-state index in [1.54, 1.807) is 0 Å². The summed E-state index contributed by atoms with van der Waals surface area (Å²) in [5.41, 5.74) is 6.73. The molecule has 1 fully saturated rings. The number of hydrogen-bond donors (Lipinski definition) is 1. The highest BCUT2D eigenvalue weighted by molar-refractivity contribution is 5.83. The first-order chi connectivity index (χ1) is 14.0. The van der Waals surface area contributed by atoms with Gasteiger partial charge < -0.3 is 14.6 Å². The van der Waals surface area contributed by atoms with E-state index >= 15 is 0 Å². The van der Waals surface area contributed by atoms with Gasteiger partial charge in [-0.25, -0.2) is 9.97 Å². The van der Waals surface area contributed by atoms with E-state index in [1.165, 1.54) is 43.5 Å². The van der Waals surface area contributed by atoms with Crippen LogP contribution in [0.5, 0.6) is 5.88 Å². The van der Waals surface area contributed by atoms with Gasteiger partial charge in [-0.15, -0.1) is 0 Å². The van der Waals surface area contributed by atoms with Crippen molar-refractivity contribution in [2.75, 3.05) is 26.7 Å². The number of aromatic amines is 1. The number of aryl methyl sites for hydroxylation is 3. The molecule has 3 aromatic rings. The second-order valence-corrected chi connectivity index (χ2v) is 8.56. The van der Waals surface area contributed by atoms with Gasteiger partial charge in [-0.05, 0) is 95.3 Å². The summed E-state index contributed by atoms with van der Waals surface area (Å²) >= 11 is 0. The lowest BCUT2D eigenvalue weighted by atomic mass is 9.93. The number of rotatable bonds is 6. The molecular formula is C24H32N4O. The molecule has 1 aromatic carbocycles. The summed E-state index contributed by atoms with van der Waals surface area (Å²) in [7, 11) is 2.21. The molecule has 0 unspecified atom stereocenters. The fraction of sp³-hybridized carbons (Fsp3) is 0.500. The van der Waals surface area contributed by atoms with Crippen LogP contribution in [0, 0.1) is 26.7 Å².